The van der Waals surface area contributed by atoms with E-state index >= 15 is 0 Å². The highest BCUT2D eigenvalue weighted by Crippen LogP contribution is 2.16. The summed E-state index contributed by atoms with van der Waals surface area (Å²) in [4.78, 5) is 14.8. The number of hydrogen-bond donors (Lipinski definition) is 1. The van der Waals surface area contributed by atoms with E-state index in [1.165, 1.54) is 18.3 Å². The second kappa shape index (κ2) is 5.86. The normalized spacial score (nSPS) is 13.9. The third-order valence-electron chi connectivity index (χ3n) is 2.07. The van der Waals surface area contributed by atoms with E-state index in [9.17, 15) is 14.3 Å². The van der Waals surface area contributed by atoms with Gasteiger partial charge in [0, 0.05) is 11.8 Å². The Hall–Kier alpha value is -1.07. The van der Waals surface area contributed by atoms with Gasteiger partial charge < -0.3 is 5.11 Å². The standard InChI is InChI=1S/C11H14FNO2S/c1-7(10(15)4-8(2)14)3-9-6-16-11(5-12)13-9/h3,6,10,15H,4-5H2,1-2H3/b7-3+/t10-/m0/s1. The van der Waals surface area contributed by atoms with Gasteiger partial charge in [0.25, 0.3) is 0 Å². The average molecular weight is 243 g/mol. The van der Waals surface area contributed by atoms with Crippen LogP contribution >= 0.6 is 11.3 Å². The van der Waals surface area contributed by atoms with Gasteiger partial charge in [0.1, 0.15) is 17.5 Å². The summed E-state index contributed by atoms with van der Waals surface area (Å²) in [5.74, 6) is -0.0667. The van der Waals surface area contributed by atoms with E-state index < -0.39 is 12.8 Å². The van der Waals surface area contributed by atoms with Crippen LogP contribution in [0.15, 0.2) is 11.0 Å². The number of hydrogen-bond acceptors (Lipinski definition) is 4. The molecule has 0 spiro atoms. The zero-order valence-corrected chi connectivity index (χ0v) is 10.1. The highest BCUT2D eigenvalue weighted by molar-refractivity contribution is 7.09. The summed E-state index contributed by atoms with van der Waals surface area (Å²) in [6, 6.07) is 0. The first-order valence-electron chi connectivity index (χ1n) is 4.89. The van der Waals surface area contributed by atoms with E-state index in [0.29, 0.717) is 16.3 Å². The van der Waals surface area contributed by atoms with Crippen molar-refractivity contribution in [3.8, 4) is 0 Å². The lowest BCUT2D eigenvalue weighted by molar-refractivity contribution is -0.118. The van der Waals surface area contributed by atoms with Crippen LogP contribution in [-0.4, -0.2) is 22.0 Å². The van der Waals surface area contributed by atoms with Crippen molar-refractivity contribution < 1.29 is 14.3 Å². The van der Waals surface area contributed by atoms with Gasteiger partial charge in [0.05, 0.1) is 11.8 Å². The van der Waals surface area contributed by atoms with Gasteiger partial charge in [-0.3, -0.25) is 4.79 Å². The molecule has 0 aliphatic heterocycles. The molecule has 1 aromatic heterocycles. The number of aromatic nitrogens is 1. The molecule has 88 valence electrons. The molecule has 3 nitrogen and oxygen atoms in total. The van der Waals surface area contributed by atoms with E-state index in [4.69, 9.17) is 0 Å². The molecule has 1 rings (SSSR count). The minimum atomic E-state index is -0.784. The Labute approximate surface area is 97.6 Å². The molecule has 1 N–H and O–H groups in total. The second-order valence-corrected chi connectivity index (χ2v) is 4.55. The molecule has 0 aliphatic carbocycles. The second-order valence-electron chi connectivity index (χ2n) is 3.61. The van der Waals surface area contributed by atoms with Crippen LogP contribution in [0.5, 0.6) is 0 Å². The van der Waals surface area contributed by atoms with Crippen molar-refractivity contribution in [2.24, 2.45) is 0 Å². The van der Waals surface area contributed by atoms with Crippen molar-refractivity contribution in [3.05, 3.63) is 21.7 Å². The number of carbonyl (C=O) groups excluding carboxylic acids is 1. The van der Waals surface area contributed by atoms with Crippen LogP contribution in [0.2, 0.25) is 0 Å². The fraction of sp³-hybridized carbons (Fsp3) is 0.455. The topological polar surface area (TPSA) is 50.2 Å². The largest absolute Gasteiger partial charge is 0.388 e. The maximum atomic E-state index is 12.2. The fourth-order valence-electron chi connectivity index (χ4n) is 1.22. The van der Waals surface area contributed by atoms with Gasteiger partial charge in [-0.2, -0.15) is 0 Å². The number of nitrogens with zero attached hydrogens (tertiary/aromatic N) is 1. The fourth-order valence-corrected chi connectivity index (χ4v) is 1.81. The molecule has 0 saturated carbocycles. The molecule has 0 aromatic carbocycles. The Kier molecular flexibility index (Phi) is 4.76. The smallest absolute Gasteiger partial charge is 0.141 e. The van der Waals surface area contributed by atoms with Crippen molar-refractivity contribution in [3.63, 3.8) is 0 Å². The third-order valence-corrected chi connectivity index (χ3v) is 2.90. The van der Waals surface area contributed by atoms with Gasteiger partial charge in [0.2, 0.25) is 0 Å². The summed E-state index contributed by atoms with van der Waals surface area (Å²) in [7, 11) is 0. The van der Waals surface area contributed by atoms with Gasteiger partial charge in [-0.15, -0.1) is 11.3 Å². The predicted molar refractivity (Wildman–Crippen MR) is 61.9 cm³/mol. The molecule has 5 heteroatoms. The SMILES string of the molecule is CC(=O)C[C@H](O)/C(C)=C/c1csc(CF)n1. The lowest BCUT2D eigenvalue weighted by atomic mass is 10.1. The van der Waals surface area contributed by atoms with Gasteiger partial charge in [0.15, 0.2) is 0 Å². The van der Waals surface area contributed by atoms with Crippen LogP contribution in [0.3, 0.4) is 0 Å². The Morgan fingerprint density at radius 1 is 1.69 bits per heavy atom. The van der Waals surface area contributed by atoms with Crippen LogP contribution in [0, 0.1) is 0 Å². The number of ketones is 1. The number of halogens is 1. The van der Waals surface area contributed by atoms with Gasteiger partial charge >= 0.3 is 0 Å². The molecule has 0 aliphatic rings. The summed E-state index contributed by atoms with van der Waals surface area (Å²) in [6.45, 7) is 2.58. The maximum absolute atomic E-state index is 12.2. The van der Waals surface area contributed by atoms with E-state index in [1.807, 2.05) is 0 Å². The zero-order valence-electron chi connectivity index (χ0n) is 9.24. The first-order chi connectivity index (χ1) is 7.52. The van der Waals surface area contributed by atoms with Gasteiger partial charge in [-0.05, 0) is 25.5 Å². The zero-order chi connectivity index (χ0) is 12.1. The highest BCUT2D eigenvalue weighted by Gasteiger charge is 2.10. The lowest BCUT2D eigenvalue weighted by Gasteiger charge is -2.08. The lowest BCUT2D eigenvalue weighted by Crippen LogP contribution is -2.12. The van der Waals surface area contributed by atoms with Crippen LogP contribution < -0.4 is 0 Å². The molecule has 0 unspecified atom stereocenters. The molecule has 0 fully saturated rings. The number of thiazole rings is 1. The Balaban J connectivity index is 2.71. The van der Waals surface area contributed by atoms with Crippen LogP contribution in [0.1, 0.15) is 31.0 Å². The molecule has 0 radical (unpaired) electrons. The molecule has 0 amide bonds. The Morgan fingerprint density at radius 2 is 2.38 bits per heavy atom. The number of aliphatic hydroxyl groups excluding tert-OH is 1. The van der Waals surface area contributed by atoms with Crippen molar-refractivity contribution in [1.82, 2.24) is 4.98 Å². The summed E-state index contributed by atoms with van der Waals surface area (Å²) >= 11 is 1.24. The van der Waals surface area contributed by atoms with Crippen LogP contribution in [0.25, 0.3) is 6.08 Å². The van der Waals surface area contributed by atoms with Crippen molar-refractivity contribution in [1.29, 1.82) is 0 Å². The molecular formula is C11H14FNO2S. The Morgan fingerprint density at radius 3 is 2.88 bits per heavy atom. The molecular weight excluding hydrogens is 229 g/mol. The minimum Gasteiger partial charge on any atom is -0.388 e. The number of rotatable bonds is 5. The maximum Gasteiger partial charge on any atom is 0.141 e. The van der Waals surface area contributed by atoms with Crippen LogP contribution in [-0.2, 0) is 11.5 Å². The quantitative estimate of drug-likeness (QED) is 0.863. The average Bonchev–Trinajstić information content (AvgIpc) is 2.64. The predicted octanol–water partition coefficient (Wildman–Crippen LogP) is 2.36. The number of alkyl halides is 1. The molecule has 16 heavy (non-hydrogen) atoms. The minimum absolute atomic E-state index is 0.0667. The van der Waals surface area contributed by atoms with Gasteiger partial charge in [-0.1, -0.05) is 0 Å². The summed E-state index contributed by atoms with van der Waals surface area (Å²) in [5.41, 5.74) is 1.28. The van der Waals surface area contributed by atoms with Crippen molar-refractivity contribution in [2.75, 3.05) is 0 Å². The summed E-state index contributed by atoms with van der Waals surface area (Å²) < 4.78 is 12.2. The molecule has 0 bridgehead atoms. The van der Waals surface area contributed by atoms with Crippen molar-refractivity contribution in [2.45, 2.75) is 33.0 Å². The molecule has 1 atom stereocenters. The van der Waals surface area contributed by atoms with Crippen molar-refractivity contribution >= 4 is 23.2 Å². The summed E-state index contributed by atoms with van der Waals surface area (Å²) in [5, 5.41) is 11.8. The number of Topliss-reactive ketones (excluding diaryl/α,β-unsaturated/α-hetero) is 1. The highest BCUT2D eigenvalue weighted by atomic mass is 32.1. The van der Waals surface area contributed by atoms with E-state index in [0.717, 1.165) is 0 Å². The first kappa shape index (κ1) is 13.0. The first-order valence-corrected chi connectivity index (χ1v) is 5.77. The number of aliphatic hydroxyl groups is 1. The van der Waals surface area contributed by atoms with E-state index in [-0.39, 0.29) is 12.2 Å². The van der Waals surface area contributed by atoms with E-state index in [1.54, 1.807) is 18.4 Å². The van der Waals surface area contributed by atoms with Gasteiger partial charge in [-0.25, -0.2) is 9.37 Å². The molecule has 0 saturated heterocycles. The Bertz CT molecular complexity index is 400. The van der Waals surface area contributed by atoms with Crippen LogP contribution in [0.4, 0.5) is 4.39 Å². The number of carbonyl (C=O) groups is 1. The molecule has 1 aromatic rings. The summed E-state index contributed by atoms with van der Waals surface area (Å²) in [6.07, 6.45) is 0.985. The third kappa shape index (κ3) is 3.83. The van der Waals surface area contributed by atoms with E-state index in [2.05, 4.69) is 4.98 Å². The monoisotopic (exact) mass is 243 g/mol. The molecule has 1 heterocycles.